The highest BCUT2D eigenvalue weighted by atomic mass is 19.4. The second kappa shape index (κ2) is 8.30. The van der Waals surface area contributed by atoms with E-state index < -0.39 is 17.5 Å². The number of imidazole rings is 1. The highest BCUT2D eigenvalue weighted by molar-refractivity contribution is 6.03. The third-order valence-electron chi connectivity index (χ3n) is 5.35. The Labute approximate surface area is 181 Å². The molecule has 168 valence electrons. The molecule has 1 saturated heterocycles. The first-order chi connectivity index (χ1) is 15.1. The molecule has 0 saturated carbocycles. The summed E-state index contributed by atoms with van der Waals surface area (Å²) >= 11 is 0. The zero-order valence-electron chi connectivity index (χ0n) is 17.2. The first kappa shape index (κ1) is 21.9. The van der Waals surface area contributed by atoms with Crippen LogP contribution in [0.1, 0.15) is 44.0 Å². The predicted octanol–water partition coefficient (Wildman–Crippen LogP) is 3.14. The number of alkyl halides is 3. The Hall–Kier alpha value is -3.34. The Bertz CT molecular complexity index is 1130. The second-order valence-corrected chi connectivity index (χ2v) is 7.84. The molecule has 2 aliphatic rings. The van der Waals surface area contributed by atoms with E-state index in [9.17, 15) is 23.1 Å². The molecule has 1 atom stereocenters. The van der Waals surface area contributed by atoms with Gasteiger partial charge in [0.25, 0.3) is 0 Å². The number of aromatic nitrogens is 4. The molecular weight excluding hydrogens is 425 g/mol. The fraction of sp³-hybridized carbons (Fsp3) is 0.381. The zero-order chi connectivity index (χ0) is 22.9. The van der Waals surface area contributed by atoms with E-state index in [0.717, 1.165) is 23.5 Å². The number of aliphatic hydroxyl groups is 1. The molecule has 2 N–H and O–H groups in total. The molecule has 2 aromatic rings. The van der Waals surface area contributed by atoms with Crippen LogP contribution in [0.15, 0.2) is 47.5 Å². The number of nitrogens with one attached hydrogen (secondary N) is 1. The van der Waals surface area contributed by atoms with Gasteiger partial charge in [-0.25, -0.2) is 19.9 Å². The SMILES string of the molecule is CC1=CC(=Nc2nccc(C(F)(F)F)n2)CC(n2cnc(C3(O)CCNC(=O)CC3)c2)=C1. The molecular formula is C21H21F3N6O2. The Morgan fingerprint density at radius 3 is 2.84 bits per heavy atom. The van der Waals surface area contributed by atoms with Gasteiger partial charge >= 0.3 is 6.18 Å². The number of carbonyl (C=O) groups is 1. The number of rotatable bonds is 3. The van der Waals surface area contributed by atoms with Crippen LogP contribution >= 0.6 is 0 Å². The van der Waals surface area contributed by atoms with Gasteiger partial charge in [0.2, 0.25) is 11.9 Å². The van der Waals surface area contributed by atoms with Crippen molar-refractivity contribution in [3.8, 4) is 0 Å². The number of hydrogen-bond acceptors (Lipinski definition) is 6. The van der Waals surface area contributed by atoms with Crippen molar-refractivity contribution in [3.05, 3.63) is 53.9 Å². The number of nitrogens with zero attached hydrogens (tertiary/aromatic N) is 5. The lowest BCUT2D eigenvalue weighted by Gasteiger charge is -2.23. The van der Waals surface area contributed by atoms with Gasteiger partial charge in [-0.3, -0.25) is 4.79 Å². The van der Waals surface area contributed by atoms with E-state index in [1.54, 1.807) is 23.2 Å². The summed E-state index contributed by atoms with van der Waals surface area (Å²) in [7, 11) is 0. The normalized spacial score (nSPS) is 23.4. The molecule has 8 nitrogen and oxygen atoms in total. The molecule has 1 aliphatic heterocycles. The lowest BCUT2D eigenvalue weighted by Crippen LogP contribution is -2.27. The van der Waals surface area contributed by atoms with Crippen molar-refractivity contribution in [3.63, 3.8) is 0 Å². The first-order valence-electron chi connectivity index (χ1n) is 10.0. The number of allylic oxidation sites excluding steroid dienone is 4. The fourth-order valence-corrected chi connectivity index (χ4v) is 3.70. The van der Waals surface area contributed by atoms with Crippen molar-refractivity contribution in [2.45, 2.75) is 44.4 Å². The molecule has 2 aromatic heterocycles. The molecule has 4 rings (SSSR count). The maximum atomic E-state index is 12.9. The molecule has 1 unspecified atom stereocenters. The summed E-state index contributed by atoms with van der Waals surface area (Å²) in [4.78, 5) is 27.5. The molecule has 0 aromatic carbocycles. The molecule has 11 heteroatoms. The molecule has 0 spiro atoms. The van der Waals surface area contributed by atoms with Gasteiger partial charge in [-0.15, -0.1) is 0 Å². The third kappa shape index (κ3) is 4.77. The summed E-state index contributed by atoms with van der Waals surface area (Å²) in [5, 5.41) is 13.7. The van der Waals surface area contributed by atoms with E-state index in [2.05, 4.69) is 25.3 Å². The highest BCUT2D eigenvalue weighted by Crippen LogP contribution is 2.32. The Kier molecular flexibility index (Phi) is 5.68. The van der Waals surface area contributed by atoms with Crippen molar-refractivity contribution >= 4 is 23.3 Å². The van der Waals surface area contributed by atoms with Crippen molar-refractivity contribution in [1.82, 2.24) is 24.8 Å². The number of halogens is 3. The molecule has 3 heterocycles. The third-order valence-corrected chi connectivity index (χ3v) is 5.35. The van der Waals surface area contributed by atoms with Gasteiger partial charge in [0, 0.05) is 37.5 Å². The maximum absolute atomic E-state index is 12.9. The molecule has 0 radical (unpaired) electrons. The summed E-state index contributed by atoms with van der Waals surface area (Å²) in [5.41, 5.74) is 0.311. The Balaban J connectivity index is 1.57. The maximum Gasteiger partial charge on any atom is 0.433 e. The first-order valence-corrected chi connectivity index (χ1v) is 10.0. The monoisotopic (exact) mass is 446 g/mol. The van der Waals surface area contributed by atoms with Crippen molar-refractivity contribution in [2.24, 2.45) is 4.99 Å². The quantitative estimate of drug-likeness (QED) is 0.754. The second-order valence-electron chi connectivity index (χ2n) is 7.84. The van der Waals surface area contributed by atoms with Crippen LogP contribution in [0, 0.1) is 0 Å². The number of hydrogen-bond donors (Lipinski definition) is 2. The van der Waals surface area contributed by atoms with Crippen LogP contribution in [0.2, 0.25) is 0 Å². The van der Waals surface area contributed by atoms with E-state index in [1.165, 1.54) is 0 Å². The Morgan fingerprint density at radius 1 is 1.25 bits per heavy atom. The van der Waals surface area contributed by atoms with Crippen LogP contribution < -0.4 is 5.32 Å². The topological polar surface area (TPSA) is 105 Å². The fourth-order valence-electron chi connectivity index (χ4n) is 3.70. The van der Waals surface area contributed by atoms with E-state index in [1.807, 2.05) is 13.0 Å². The minimum Gasteiger partial charge on any atom is -0.383 e. The molecule has 1 fully saturated rings. The molecule has 1 aliphatic carbocycles. The highest BCUT2D eigenvalue weighted by Gasteiger charge is 2.35. The van der Waals surface area contributed by atoms with E-state index in [-0.39, 0.29) is 24.7 Å². The molecule has 0 bridgehead atoms. The van der Waals surface area contributed by atoms with Crippen molar-refractivity contribution in [2.75, 3.05) is 6.54 Å². The van der Waals surface area contributed by atoms with E-state index >= 15 is 0 Å². The van der Waals surface area contributed by atoms with Crippen LogP contribution in [-0.4, -0.2) is 42.8 Å². The van der Waals surface area contributed by atoms with Crippen LogP contribution in [0.4, 0.5) is 19.1 Å². The van der Waals surface area contributed by atoms with Crippen LogP contribution in [0.5, 0.6) is 0 Å². The van der Waals surface area contributed by atoms with Crippen LogP contribution in [-0.2, 0) is 16.6 Å². The van der Waals surface area contributed by atoms with Crippen LogP contribution in [0.3, 0.4) is 0 Å². The minimum atomic E-state index is -4.58. The van der Waals surface area contributed by atoms with Crippen molar-refractivity contribution < 1.29 is 23.1 Å². The summed E-state index contributed by atoms with van der Waals surface area (Å²) in [6, 6.07) is 0.797. The van der Waals surface area contributed by atoms with Gasteiger partial charge in [0.05, 0.1) is 17.7 Å². The molecule has 1 amide bonds. The summed E-state index contributed by atoms with van der Waals surface area (Å²) < 4.78 is 40.5. The van der Waals surface area contributed by atoms with Gasteiger partial charge in [-0.05, 0) is 43.6 Å². The van der Waals surface area contributed by atoms with Gasteiger partial charge in [-0.1, -0.05) is 0 Å². The lowest BCUT2D eigenvalue weighted by molar-refractivity contribution is -0.141. The van der Waals surface area contributed by atoms with Gasteiger partial charge in [0.1, 0.15) is 11.3 Å². The number of carbonyl (C=O) groups excluding carboxylic acids is 1. The Morgan fingerprint density at radius 2 is 2.06 bits per heavy atom. The van der Waals surface area contributed by atoms with Gasteiger partial charge in [0.15, 0.2) is 0 Å². The number of aliphatic imine (C=N–C) groups is 1. The van der Waals surface area contributed by atoms with Gasteiger partial charge < -0.3 is 15.0 Å². The predicted molar refractivity (Wildman–Crippen MR) is 110 cm³/mol. The smallest absolute Gasteiger partial charge is 0.383 e. The summed E-state index contributed by atoms with van der Waals surface area (Å²) in [5.74, 6) is -0.370. The van der Waals surface area contributed by atoms with Crippen LogP contribution in [0.25, 0.3) is 5.70 Å². The van der Waals surface area contributed by atoms with E-state index in [4.69, 9.17) is 0 Å². The average Bonchev–Trinajstić information content (AvgIpc) is 3.16. The average molecular weight is 446 g/mol. The minimum absolute atomic E-state index is 0.103. The molecule has 32 heavy (non-hydrogen) atoms. The number of amides is 1. The zero-order valence-corrected chi connectivity index (χ0v) is 17.2. The summed E-state index contributed by atoms with van der Waals surface area (Å²) in [6.45, 7) is 2.20. The van der Waals surface area contributed by atoms with E-state index in [0.29, 0.717) is 30.8 Å². The van der Waals surface area contributed by atoms with Gasteiger partial charge in [-0.2, -0.15) is 13.2 Å². The summed E-state index contributed by atoms with van der Waals surface area (Å²) in [6.07, 6.45) is 4.52. The standard InChI is InChI=1S/C21H21F3N6O2/c1-13-8-14(28-19-26-6-3-16(29-19)21(22,23)24)10-15(9-13)30-11-17(27-12-30)20(32)4-2-18(31)25-7-5-20/h3,6,8-9,11-12,32H,2,4-5,7,10H2,1H3,(H,25,31). The lowest BCUT2D eigenvalue weighted by atomic mass is 9.91. The largest absolute Gasteiger partial charge is 0.433 e. The van der Waals surface area contributed by atoms with Crippen molar-refractivity contribution in [1.29, 1.82) is 0 Å².